The van der Waals surface area contributed by atoms with Crippen LogP contribution in [0.15, 0.2) is 47.0 Å². The average molecular weight is 358 g/mol. The van der Waals surface area contributed by atoms with E-state index in [1.807, 2.05) is 18.2 Å². The van der Waals surface area contributed by atoms with E-state index >= 15 is 0 Å². The Bertz CT molecular complexity index is 950. The Balaban J connectivity index is 1.79. The largest absolute Gasteiger partial charge is 0.356 e. The Morgan fingerprint density at radius 3 is 2.72 bits per heavy atom. The molecule has 3 aromatic rings. The third-order valence-electron chi connectivity index (χ3n) is 3.67. The number of fused-ring (bicyclic) bond motifs is 1. The van der Waals surface area contributed by atoms with E-state index in [2.05, 4.69) is 10.5 Å². The zero-order chi connectivity index (χ0) is 18.0. The van der Waals surface area contributed by atoms with Gasteiger partial charge in [-0.3, -0.25) is 9.59 Å². The Morgan fingerprint density at radius 2 is 1.96 bits per heavy atom. The molecule has 0 saturated heterocycles. The number of para-hydroxylation sites is 1. The van der Waals surface area contributed by atoms with Gasteiger partial charge in [0, 0.05) is 25.0 Å². The number of halogens is 1. The Kier molecular flexibility index (Phi) is 4.72. The first-order chi connectivity index (χ1) is 12.0. The average Bonchev–Trinajstić information content (AvgIpc) is 2.99. The number of rotatable bonds is 4. The summed E-state index contributed by atoms with van der Waals surface area (Å²) in [5, 5.41) is 7.81. The minimum atomic E-state index is -0.296. The van der Waals surface area contributed by atoms with Crippen LogP contribution in [0.5, 0.6) is 0 Å². The van der Waals surface area contributed by atoms with Crippen LogP contribution in [0.2, 0.25) is 5.02 Å². The number of hydrogen-bond donors (Lipinski definition) is 1. The molecule has 0 aliphatic rings. The lowest BCUT2D eigenvalue weighted by atomic mass is 10.1. The number of nitrogens with zero attached hydrogens (tertiary/aromatic N) is 2. The van der Waals surface area contributed by atoms with E-state index in [4.69, 9.17) is 16.1 Å². The lowest BCUT2D eigenvalue weighted by Crippen LogP contribution is -2.22. The number of aromatic nitrogens is 1. The van der Waals surface area contributed by atoms with Gasteiger partial charge in [0.2, 0.25) is 5.91 Å². The van der Waals surface area contributed by atoms with E-state index in [0.29, 0.717) is 27.6 Å². The molecular formula is C18H16ClN3O3. The zero-order valence-corrected chi connectivity index (χ0v) is 14.5. The first-order valence-electron chi connectivity index (χ1n) is 7.60. The van der Waals surface area contributed by atoms with Crippen LogP contribution in [0.4, 0.5) is 5.69 Å². The fourth-order valence-corrected chi connectivity index (χ4v) is 2.59. The lowest BCUT2D eigenvalue weighted by molar-refractivity contribution is -0.115. The molecule has 2 amide bonds. The van der Waals surface area contributed by atoms with Crippen LogP contribution in [0.1, 0.15) is 16.1 Å². The molecule has 6 nitrogen and oxygen atoms in total. The molecule has 128 valence electrons. The van der Waals surface area contributed by atoms with Crippen molar-refractivity contribution in [3.8, 4) is 0 Å². The normalized spacial score (nSPS) is 10.7. The highest BCUT2D eigenvalue weighted by Gasteiger charge is 2.15. The van der Waals surface area contributed by atoms with Crippen molar-refractivity contribution in [2.45, 2.75) is 6.42 Å². The van der Waals surface area contributed by atoms with Crippen molar-refractivity contribution >= 4 is 40.1 Å². The maximum absolute atomic E-state index is 12.3. The van der Waals surface area contributed by atoms with Crippen molar-refractivity contribution in [3.63, 3.8) is 0 Å². The van der Waals surface area contributed by atoms with E-state index in [-0.39, 0.29) is 18.2 Å². The molecule has 0 atom stereocenters. The summed E-state index contributed by atoms with van der Waals surface area (Å²) in [6, 6.07) is 12.1. The molecule has 0 fully saturated rings. The fourth-order valence-electron chi connectivity index (χ4n) is 2.42. The maximum atomic E-state index is 12.3. The minimum Gasteiger partial charge on any atom is -0.356 e. The molecule has 25 heavy (non-hydrogen) atoms. The molecule has 0 spiro atoms. The molecule has 0 saturated carbocycles. The highest BCUT2D eigenvalue weighted by molar-refractivity contribution is 6.33. The molecule has 0 bridgehead atoms. The van der Waals surface area contributed by atoms with Crippen molar-refractivity contribution in [2.75, 3.05) is 19.4 Å². The number of carbonyl (C=O) groups excluding carboxylic acids is 2. The van der Waals surface area contributed by atoms with Gasteiger partial charge in [0.05, 0.1) is 17.1 Å². The van der Waals surface area contributed by atoms with Gasteiger partial charge in [0.1, 0.15) is 5.69 Å². The van der Waals surface area contributed by atoms with Gasteiger partial charge in [-0.1, -0.05) is 28.9 Å². The van der Waals surface area contributed by atoms with Crippen LogP contribution in [-0.4, -0.2) is 36.0 Å². The van der Waals surface area contributed by atoms with Gasteiger partial charge >= 0.3 is 0 Å². The van der Waals surface area contributed by atoms with Crippen molar-refractivity contribution in [1.29, 1.82) is 0 Å². The van der Waals surface area contributed by atoms with Gasteiger partial charge in [0.15, 0.2) is 5.58 Å². The van der Waals surface area contributed by atoms with Crippen LogP contribution in [-0.2, 0) is 11.2 Å². The van der Waals surface area contributed by atoms with Gasteiger partial charge in [-0.15, -0.1) is 0 Å². The Labute approximate surface area is 149 Å². The Hall–Kier alpha value is -2.86. The monoisotopic (exact) mass is 357 g/mol. The molecule has 0 aliphatic carbocycles. The van der Waals surface area contributed by atoms with Crippen LogP contribution in [0.25, 0.3) is 11.0 Å². The predicted octanol–water partition coefficient (Wildman–Crippen LogP) is 3.36. The van der Waals surface area contributed by atoms with Gasteiger partial charge in [-0.25, -0.2) is 0 Å². The summed E-state index contributed by atoms with van der Waals surface area (Å²) in [4.78, 5) is 25.8. The van der Waals surface area contributed by atoms with Crippen molar-refractivity contribution in [3.05, 3.63) is 58.7 Å². The number of amides is 2. The molecule has 1 heterocycles. The molecule has 1 N–H and O–H groups in total. The quantitative estimate of drug-likeness (QED) is 0.776. The summed E-state index contributed by atoms with van der Waals surface area (Å²) < 4.78 is 5.19. The molecule has 0 aliphatic heterocycles. The topological polar surface area (TPSA) is 75.4 Å². The van der Waals surface area contributed by atoms with Crippen LogP contribution in [0.3, 0.4) is 0 Å². The second-order valence-corrected chi connectivity index (χ2v) is 6.15. The number of anilines is 1. The number of carbonyl (C=O) groups is 2. The fraction of sp³-hybridized carbons (Fsp3) is 0.167. The van der Waals surface area contributed by atoms with E-state index in [1.54, 1.807) is 38.4 Å². The smallest absolute Gasteiger partial charge is 0.253 e. The summed E-state index contributed by atoms with van der Waals surface area (Å²) in [7, 11) is 3.32. The van der Waals surface area contributed by atoms with Crippen LogP contribution < -0.4 is 5.32 Å². The number of hydrogen-bond acceptors (Lipinski definition) is 4. The number of benzene rings is 2. The lowest BCUT2D eigenvalue weighted by Gasteiger charge is -2.12. The van der Waals surface area contributed by atoms with Gasteiger partial charge < -0.3 is 14.7 Å². The van der Waals surface area contributed by atoms with Gasteiger partial charge in [0.25, 0.3) is 5.91 Å². The SMILES string of the molecule is CN(C)C(=O)c1ccc(Cl)c(NC(=O)Cc2noc3ccccc23)c1. The third-order valence-corrected chi connectivity index (χ3v) is 4.00. The summed E-state index contributed by atoms with van der Waals surface area (Å²) in [5.74, 6) is -0.468. The number of nitrogens with one attached hydrogen (secondary N) is 1. The van der Waals surface area contributed by atoms with Crippen molar-refractivity contribution in [1.82, 2.24) is 10.1 Å². The van der Waals surface area contributed by atoms with E-state index in [1.165, 1.54) is 4.90 Å². The summed E-state index contributed by atoms with van der Waals surface area (Å²) in [6.45, 7) is 0. The summed E-state index contributed by atoms with van der Waals surface area (Å²) in [6.07, 6.45) is 0.0409. The Morgan fingerprint density at radius 1 is 1.20 bits per heavy atom. The molecule has 2 aromatic carbocycles. The van der Waals surface area contributed by atoms with Crippen molar-refractivity contribution in [2.24, 2.45) is 0 Å². The highest BCUT2D eigenvalue weighted by atomic mass is 35.5. The van der Waals surface area contributed by atoms with E-state index < -0.39 is 0 Å². The molecule has 7 heteroatoms. The minimum absolute atomic E-state index is 0.0409. The third kappa shape index (κ3) is 3.64. The van der Waals surface area contributed by atoms with Gasteiger partial charge in [-0.05, 0) is 30.3 Å². The molecule has 0 unspecified atom stereocenters. The van der Waals surface area contributed by atoms with E-state index in [0.717, 1.165) is 5.39 Å². The van der Waals surface area contributed by atoms with Gasteiger partial charge in [-0.2, -0.15) is 0 Å². The molecular weight excluding hydrogens is 342 g/mol. The summed E-state index contributed by atoms with van der Waals surface area (Å²) in [5.41, 5.74) is 2.00. The first kappa shape index (κ1) is 17.0. The standard InChI is InChI=1S/C18H16ClN3O3/c1-22(2)18(24)11-7-8-13(19)15(9-11)20-17(23)10-14-12-5-3-4-6-16(12)25-21-14/h3-9H,10H2,1-2H3,(H,20,23). The zero-order valence-electron chi connectivity index (χ0n) is 13.7. The molecule has 0 radical (unpaired) electrons. The van der Waals surface area contributed by atoms with Crippen molar-refractivity contribution < 1.29 is 14.1 Å². The highest BCUT2D eigenvalue weighted by Crippen LogP contribution is 2.24. The maximum Gasteiger partial charge on any atom is 0.253 e. The van der Waals surface area contributed by atoms with E-state index in [9.17, 15) is 9.59 Å². The predicted molar refractivity (Wildman–Crippen MR) is 95.8 cm³/mol. The molecule has 3 rings (SSSR count). The first-order valence-corrected chi connectivity index (χ1v) is 7.98. The second-order valence-electron chi connectivity index (χ2n) is 5.74. The summed E-state index contributed by atoms with van der Waals surface area (Å²) >= 11 is 6.13. The second kappa shape index (κ2) is 6.94. The van der Waals surface area contributed by atoms with Crippen LogP contribution in [0, 0.1) is 0 Å². The molecule has 1 aromatic heterocycles. The van der Waals surface area contributed by atoms with Crippen LogP contribution >= 0.6 is 11.6 Å².